The fourth-order valence-corrected chi connectivity index (χ4v) is 4.54. The van der Waals surface area contributed by atoms with Gasteiger partial charge in [0.2, 0.25) is 15.7 Å². The third kappa shape index (κ3) is 5.02. The lowest BCUT2D eigenvalue weighted by molar-refractivity contribution is -0.113. The molecule has 1 amide bonds. The number of hydrogen-bond donors (Lipinski definition) is 1. The summed E-state index contributed by atoms with van der Waals surface area (Å²) < 4.78 is 41.1. The molecule has 0 aliphatic heterocycles. The van der Waals surface area contributed by atoms with Gasteiger partial charge in [0.25, 0.3) is 5.89 Å². The molecule has 0 bridgehead atoms. The van der Waals surface area contributed by atoms with Gasteiger partial charge >= 0.3 is 5.22 Å². The van der Waals surface area contributed by atoms with Crippen molar-refractivity contribution in [2.75, 3.05) is 25.3 Å². The van der Waals surface area contributed by atoms with E-state index < -0.39 is 26.7 Å². The van der Waals surface area contributed by atoms with Gasteiger partial charge in [-0.2, -0.15) is 0 Å². The molecule has 0 unspecified atom stereocenters. The molecule has 170 valence electrons. The van der Waals surface area contributed by atoms with Gasteiger partial charge in [0, 0.05) is 10.9 Å². The predicted molar refractivity (Wildman–Crippen MR) is 121 cm³/mol. The SMILES string of the molecule is COc1ccc(OC)c(-c2nnc(S(=O)(=O)CC(=O)Nc3nc(-c4ccccc4)cs3)o2)c1. The molecule has 2 heterocycles. The van der Waals surface area contributed by atoms with E-state index in [0.717, 1.165) is 5.56 Å². The summed E-state index contributed by atoms with van der Waals surface area (Å²) in [6, 6.07) is 14.3. The minimum Gasteiger partial charge on any atom is -0.497 e. The number of amides is 1. The Kier molecular flexibility index (Phi) is 6.38. The van der Waals surface area contributed by atoms with Crippen molar-refractivity contribution in [1.29, 1.82) is 0 Å². The van der Waals surface area contributed by atoms with Crippen molar-refractivity contribution in [3.63, 3.8) is 0 Å². The highest BCUT2D eigenvalue weighted by atomic mass is 32.2. The molecule has 0 spiro atoms. The molecule has 12 heteroatoms. The number of carbonyl (C=O) groups is 1. The highest BCUT2D eigenvalue weighted by molar-refractivity contribution is 7.91. The number of methoxy groups -OCH3 is 2. The van der Waals surface area contributed by atoms with E-state index in [1.54, 1.807) is 23.6 Å². The number of nitrogens with zero attached hydrogens (tertiary/aromatic N) is 3. The zero-order valence-electron chi connectivity index (χ0n) is 17.5. The van der Waals surface area contributed by atoms with Crippen LogP contribution in [0.25, 0.3) is 22.7 Å². The summed E-state index contributed by atoms with van der Waals surface area (Å²) in [6.07, 6.45) is 0. The highest BCUT2D eigenvalue weighted by Gasteiger charge is 2.27. The minimum atomic E-state index is -4.19. The lowest BCUT2D eigenvalue weighted by Gasteiger charge is -2.07. The Morgan fingerprint density at radius 1 is 1.09 bits per heavy atom. The molecule has 0 radical (unpaired) electrons. The monoisotopic (exact) mass is 486 g/mol. The minimum absolute atomic E-state index is 0.0860. The van der Waals surface area contributed by atoms with Crippen molar-refractivity contribution in [3.8, 4) is 34.2 Å². The standard InChI is InChI=1S/C21H18N4O6S2/c1-29-14-8-9-17(30-2)15(10-14)19-24-25-21(31-19)33(27,28)12-18(26)23-20-22-16(11-32-20)13-6-4-3-5-7-13/h3-11H,12H2,1-2H3,(H,22,23,26). The Hall–Kier alpha value is -3.77. The van der Waals surface area contributed by atoms with Gasteiger partial charge in [0.15, 0.2) is 5.13 Å². The second-order valence-electron chi connectivity index (χ2n) is 6.65. The van der Waals surface area contributed by atoms with Crippen LogP contribution in [-0.2, 0) is 14.6 Å². The van der Waals surface area contributed by atoms with Crippen LogP contribution in [0.2, 0.25) is 0 Å². The van der Waals surface area contributed by atoms with Crippen LogP contribution in [0.5, 0.6) is 11.5 Å². The van der Waals surface area contributed by atoms with Crippen molar-refractivity contribution in [2.24, 2.45) is 0 Å². The van der Waals surface area contributed by atoms with E-state index in [1.165, 1.54) is 25.6 Å². The fraction of sp³-hybridized carbons (Fsp3) is 0.143. The molecule has 10 nitrogen and oxygen atoms in total. The number of aromatic nitrogens is 3. The van der Waals surface area contributed by atoms with Crippen molar-refractivity contribution >= 4 is 32.2 Å². The van der Waals surface area contributed by atoms with Crippen molar-refractivity contribution in [2.45, 2.75) is 5.22 Å². The maximum Gasteiger partial charge on any atom is 0.336 e. The van der Waals surface area contributed by atoms with Gasteiger partial charge in [-0.25, -0.2) is 13.4 Å². The summed E-state index contributed by atoms with van der Waals surface area (Å²) in [5, 5.41) is 11.3. The molecule has 4 rings (SSSR count). The van der Waals surface area contributed by atoms with Gasteiger partial charge in [0.05, 0.1) is 25.5 Å². The number of nitrogens with one attached hydrogen (secondary N) is 1. The molecule has 33 heavy (non-hydrogen) atoms. The van der Waals surface area contributed by atoms with Crippen LogP contribution in [0.3, 0.4) is 0 Å². The Bertz CT molecular complexity index is 1380. The van der Waals surface area contributed by atoms with Crippen molar-refractivity contribution in [1.82, 2.24) is 15.2 Å². The Labute approximate surface area is 193 Å². The van der Waals surface area contributed by atoms with E-state index in [4.69, 9.17) is 13.9 Å². The molecule has 0 aliphatic rings. The summed E-state index contributed by atoms with van der Waals surface area (Å²) in [7, 11) is -1.26. The quantitative estimate of drug-likeness (QED) is 0.398. The van der Waals surface area contributed by atoms with E-state index in [2.05, 4.69) is 20.5 Å². The summed E-state index contributed by atoms with van der Waals surface area (Å²) in [5.74, 6) is -0.866. The second kappa shape index (κ2) is 9.38. The predicted octanol–water partition coefficient (Wildman–Crippen LogP) is 3.29. The molecule has 1 N–H and O–H groups in total. The van der Waals surface area contributed by atoms with Gasteiger partial charge in [-0.1, -0.05) is 35.4 Å². The number of anilines is 1. The van der Waals surface area contributed by atoms with Crippen molar-refractivity contribution < 1.29 is 27.1 Å². The Morgan fingerprint density at radius 3 is 2.61 bits per heavy atom. The number of rotatable bonds is 8. The third-order valence-corrected chi connectivity index (χ3v) is 6.55. The Balaban J connectivity index is 1.48. The highest BCUT2D eigenvalue weighted by Crippen LogP contribution is 2.33. The summed E-state index contributed by atoms with van der Waals surface area (Å²) in [6.45, 7) is 0. The third-order valence-electron chi connectivity index (χ3n) is 4.45. The molecule has 0 aliphatic carbocycles. The van der Waals surface area contributed by atoms with Crippen molar-refractivity contribution in [3.05, 3.63) is 53.9 Å². The number of carbonyl (C=O) groups excluding carboxylic acids is 1. The van der Waals surface area contributed by atoms with Crippen LogP contribution in [0, 0.1) is 0 Å². The first kappa shape index (κ1) is 22.4. The Morgan fingerprint density at radius 2 is 1.88 bits per heavy atom. The molecule has 0 atom stereocenters. The van der Waals surface area contributed by atoms with E-state index in [0.29, 0.717) is 22.8 Å². The maximum atomic E-state index is 12.7. The van der Waals surface area contributed by atoms with Gasteiger partial charge < -0.3 is 19.2 Å². The average molecular weight is 487 g/mol. The van der Waals surface area contributed by atoms with E-state index in [1.807, 2.05) is 30.3 Å². The zero-order valence-corrected chi connectivity index (χ0v) is 19.1. The van der Waals surface area contributed by atoms with E-state index >= 15 is 0 Å². The van der Waals surface area contributed by atoms with Gasteiger partial charge in [-0.3, -0.25) is 4.79 Å². The fourth-order valence-electron chi connectivity index (χ4n) is 2.89. The summed E-state index contributed by atoms with van der Waals surface area (Å²) >= 11 is 1.19. The topological polar surface area (TPSA) is 134 Å². The molecule has 2 aromatic heterocycles. The number of ether oxygens (including phenoxy) is 2. The molecule has 0 fully saturated rings. The largest absolute Gasteiger partial charge is 0.497 e. The molecule has 0 saturated carbocycles. The smallest absolute Gasteiger partial charge is 0.336 e. The van der Waals surface area contributed by atoms with Gasteiger partial charge in [-0.15, -0.1) is 16.4 Å². The van der Waals surface area contributed by atoms with E-state index in [9.17, 15) is 13.2 Å². The second-order valence-corrected chi connectivity index (χ2v) is 9.38. The summed E-state index contributed by atoms with van der Waals surface area (Å²) in [4.78, 5) is 16.7. The number of thiazole rings is 1. The molecule has 2 aromatic carbocycles. The number of hydrogen-bond acceptors (Lipinski definition) is 10. The zero-order chi connectivity index (χ0) is 23.4. The van der Waals surface area contributed by atoms with Crippen LogP contribution in [-0.4, -0.2) is 49.5 Å². The average Bonchev–Trinajstić information content (AvgIpc) is 3.49. The molecule has 4 aromatic rings. The van der Waals surface area contributed by atoms with Gasteiger partial charge in [-0.05, 0) is 18.2 Å². The lowest BCUT2D eigenvalue weighted by Crippen LogP contribution is -2.23. The molecular formula is C21H18N4O6S2. The van der Waals surface area contributed by atoms with Crippen LogP contribution < -0.4 is 14.8 Å². The number of benzene rings is 2. The lowest BCUT2D eigenvalue weighted by atomic mass is 10.2. The normalized spacial score (nSPS) is 11.2. The molecular weight excluding hydrogens is 468 g/mol. The first-order valence-corrected chi connectivity index (χ1v) is 12.0. The summed E-state index contributed by atoms with van der Waals surface area (Å²) in [5.41, 5.74) is 1.91. The van der Waals surface area contributed by atoms with Crippen LogP contribution in [0.4, 0.5) is 5.13 Å². The maximum absolute atomic E-state index is 12.7. The van der Waals surface area contributed by atoms with E-state index in [-0.39, 0.29) is 11.0 Å². The van der Waals surface area contributed by atoms with Gasteiger partial charge in [0.1, 0.15) is 17.3 Å². The van der Waals surface area contributed by atoms with Crippen LogP contribution in [0.1, 0.15) is 0 Å². The van der Waals surface area contributed by atoms with Crippen LogP contribution >= 0.6 is 11.3 Å². The number of sulfone groups is 1. The van der Waals surface area contributed by atoms with Crippen LogP contribution in [0.15, 0.2) is 63.6 Å². The molecule has 0 saturated heterocycles. The first-order valence-electron chi connectivity index (χ1n) is 9.49. The first-order chi connectivity index (χ1) is 15.9.